The number of benzene rings is 1. The van der Waals surface area contributed by atoms with Crippen LogP contribution in [-0.4, -0.2) is 4.98 Å². The second-order valence-corrected chi connectivity index (χ2v) is 4.42. The minimum Gasteiger partial charge on any atom is -0.312 e. The smallest absolute Gasteiger partial charge is 0.305 e. The van der Waals surface area contributed by atoms with Crippen molar-refractivity contribution >= 4 is 44.1 Å². The molecule has 2 rings (SSSR count). The van der Waals surface area contributed by atoms with Crippen LogP contribution in [0.3, 0.4) is 0 Å². The Kier molecular flexibility index (Phi) is 1.72. The topological polar surface area (TPSA) is 32.9 Å². The molecule has 0 radical (unpaired) electrons. The zero-order valence-electron chi connectivity index (χ0n) is 5.43. The van der Waals surface area contributed by atoms with E-state index in [1.807, 2.05) is 18.2 Å². The van der Waals surface area contributed by atoms with Crippen molar-refractivity contribution in [1.29, 1.82) is 0 Å². The fourth-order valence-electron chi connectivity index (χ4n) is 0.924. The third-order valence-corrected chi connectivity index (χ3v) is 2.92. The molecule has 11 heavy (non-hydrogen) atoms. The van der Waals surface area contributed by atoms with Crippen LogP contribution in [0.5, 0.6) is 0 Å². The fourth-order valence-corrected chi connectivity index (χ4v) is 2.13. The highest BCUT2D eigenvalue weighted by Crippen LogP contribution is 2.16. The molecule has 2 nitrogen and oxygen atoms in total. The van der Waals surface area contributed by atoms with Gasteiger partial charge in [0.1, 0.15) is 0 Å². The second-order valence-electron chi connectivity index (χ2n) is 2.16. The molecule has 0 fully saturated rings. The summed E-state index contributed by atoms with van der Waals surface area (Å²) >= 11 is 3.47. The van der Waals surface area contributed by atoms with Gasteiger partial charge < -0.3 is 4.98 Å². The highest BCUT2D eigenvalue weighted by atomic mass is 127. The fraction of sp³-hybridized carbons (Fsp3) is 0. The normalized spacial score (nSPS) is 10.6. The number of nitrogens with one attached hydrogen (secondary N) is 1. The number of hydrogen-bond acceptors (Lipinski definition) is 2. The molecule has 0 spiro atoms. The predicted molar refractivity (Wildman–Crippen MR) is 55.2 cm³/mol. The molecule has 0 amide bonds. The SMILES string of the molecule is O=c1[nH]c2cc(I)ccc2s1. The summed E-state index contributed by atoms with van der Waals surface area (Å²) in [5, 5.41) is 0. The van der Waals surface area contributed by atoms with Gasteiger partial charge in [-0.25, -0.2) is 0 Å². The maximum atomic E-state index is 10.9. The minimum atomic E-state index is 0.0157. The molecule has 0 saturated carbocycles. The van der Waals surface area contributed by atoms with Gasteiger partial charge in [-0.2, -0.15) is 0 Å². The van der Waals surface area contributed by atoms with Gasteiger partial charge in [0.2, 0.25) is 0 Å². The molecule has 2 aromatic rings. The van der Waals surface area contributed by atoms with Crippen molar-refractivity contribution in [3.05, 3.63) is 31.4 Å². The van der Waals surface area contributed by atoms with E-state index < -0.39 is 0 Å². The monoisotopic (exact) mass is 277 g/mol. The van der Waals surface area contributed by atoms with Crippen molar-refractivity contribution in [2.75, 3.05) is 0 Å². The van der Waals surface area contributed by atoms with E-state index in [1.54, 1.807) is 0 Å². The standard InChI is InChI=1S/C7H4INOS/c8-4-1-2-6-5(3-4)9-7(10)11-6/h1-3H,(H,9,10). The number of thiazole rings is 1. The average Bonchev–Trinajstić information content (AvgIpc) is 2.27. The summed E-state index contributed by atoms with van der Waals surface area (Å²) in [7, 11) is 0. The van der Waals surface area contributed by atoms with Gasteiger partial charge in [0.25, 0.3) is 0 Å². The molecular weight excluding hydrogens is 273 g/mol. The van der Waals surface area contributed by atoms with Gasteiger partial charge in [-0.3, -0.25) is 4.79 Å². The Morgan fingerprint density at radius 3 is 3.09 bits per heavy atom. The van der Waals surface area contributed by atoms with Crippen LogP contribution in [0.1, 0.15) is 0 Å². The molecule has 0 saturated heterocycles. The lowest BCUT2D eigenvalue weighted by atomic mass is 10.3. The zero-order chi connectivity index (χ0) is 7.84. The summed E-state index contributed by atoms with van der Waals surface area (Å²) in [5.74, 6) is 0. The highest BCUT2D eigenvalue weighted by Gasteiger charge is 1.97. The molecule has 0 aliphatic heterocycles. The summed E-state index contributed by atoms with van der Waals surface area (Å²) in [5.41, 5.74) is 0.937. The van der Waals surface area contributed by atoms with E-state index in [9.17, 15) is 4.79 Å². The molecule has 4 heteroatoms. The van der Waals surface area contributed by atoms with Gasteiger partial charge in [-0.1, -0.05) is 11.3 Å². The first-order valence-electron chi connectivity index (χ1n) is 3.04. The van der Waals surface area contributed by atoms with Crippen LogP contribution in [0.2, 0.25) is 0 Å². The molecule has 0 aliphatic carbocycles. The highest BCUT2D eigenvalue weighted by molar-refractivity contribution is 14.1. The lowest BCUT2D eigenvalue weighted by molar-refractivity contribution is 1.40. The van der Waals surface area contributed by atoms with Crippen LogP contribution in [0.25, 0.3) is 10.2 Å². The van der Waals surface area contributed by atoms with Crippen LogP contribution in [-0.2, 0) is 0 Å². The first kappa shape index (κ1) is 7.30. The molecule has 56 valence electrons. The van der Waals surface area contributed by atoms with Crippen LogP contribution >= 0.6 is 33.9 Å². The third-order valence-electron chi connectivity index (χ3n) is 1.38. The van der Waals surface area contributed by atoms with Crippen molar-refractivity contribution in [3.8, 4) is 0 Å². The lowest BCUT2D eigenvalue weighted by Gasteiger charge is -1.87. The molecule has 1 N–H and O–H groups in total. The zero-order valence-corrected chi connectivity index (χ0v) is 8.40. The maximum absolute atomic E-state index is 10.9. The number of halogens is 1. The Balaban J connectivity index is 2.92. The minimum absolute atomic E-state index is 0.0157. The molecule has 0 atom stereocenters. The molecule has 0 aliphatic rings. The number of aromatic amines is 1. The Labute approximate surface area is 80.4 Å². The Bertz CT molecular complexity index is 445. The maximum Gasteiger partial charge on any atom is 0.305 e. The van der Waals surface area contributed by atoms with Crippen molar-refractivity contribution in [3.63, 3.8) is 0 Å². The largest absolute Gasteiger partial charge is 0.312 e. The molecule has 1 aromatic heterocycles. The Morgan fingerprint density at radius 2 is 2.27 bits per heavy atom. The second kappa shape index (κ2) is 2.60. The predicted octanol–water partition coefficient (Wildman–Crippen LogP) is 2.19. The van der Waals surface area contributed by atoms with E-state index in [2.05, 4.69) is 27.6 Å². The van der Waals surface area contributed by atoms with Gasteiger partial charge in [0, 0.05) is 3.57 Å². The Hall–Kier alpha value is -0.360. The molecule has 1 aromatic carbocycles. The first-order valence-corrected chi connectivity index (χ1v) is 4.93. The molecule has 0 bridgehead atoms. The average molecular weight is 277 g/mol. The van der Waals surface area contributed by atoms with Crippen molar-refractivity contribution in [2.24, 2.45) is 0 Å². The molecular formula is C7H4INOS. The van der Waals surface area contributed by atoms with E-state index in [4.69, 9.17) is 0 Å². The van der Waals surface area contributed by atoms with Crippen molar-refractivity contribution in [1.82, 2.24) is 4.98 Å². The molecule has 0 unspecified atom stereocenters. The van der Waals surface area contributed by atoms with Gasteiger partial charge >= 0.3 is 4.87 Å². The van der Waals surface area contributed by atoms with Crippen molar-refractivity contribution < 1.29 is 0 Å². The summed E-state index contributed by atoms with van der Waals surface area (Å²) in [6.45, 7) is 0. The Morgan fingerprint density at radius 1 is 1.45 bits per heavy atom. The van der Waals surface area contributed by atoms with Crippen LogP contribution in [0, 0.1) is 3.57 Å². The van der Waals surface area contributed by atoms with Crippen molar-refractivity contribution in [2.45, 2.75) is 0 Å². The summed E-state index contributed by atoms with van der Waals surface area (Å²) in [4.78, 5) is 13.6. The number of rotatable bonds is 0. The summed E-state index contributed by atoms with van der Waals surface area (Å²) < 4.78 is 2.17. The van der Waals surface area contributed by atoms with Crippen LogP contribution in [0.15, 0.2) is 23.0 Å². The lowest BCUT2D eigenvalue weighted by Crippen LogP contribution is -1.89. The number of hydrogen-bond donors (Lipinski definition) is 1. The first-order chi connectivity index (χ1) is 5.25. The van der Waals surface area contributed by atoms with E-state index in [-0.39, 0.29) is 4.87 Å². The van der Waals surface area contributed by atoms with Crippen LogP contribution < -0.4 is 4.87 Å². The summed E-state index contributed by atoms with van der Waals surface area (Å²) in [6, 6.07) is 5.92. The van der Waals surface area contributed by atoms with Gasteiger partial charge in [0.15, 0.2) is 0 Å². The number of H-pyrrole nitrogens is 1. The third kappa shape index (κ3) is 1.32. The number of aromatic nitrogens is 1. The van der Waals surface area contributed by atoms with Crippen LogP contribution in [0.4, 0.5) is 0 Å². The van der Waals surface area contributed by atoms with Gasteiger partial charge in [-0.05, 0) is 40.8 Å². The van der Waals surface area contributed by atoms with Gasteiger partial charge in [-0.15, -0.1) is 0 Å². The van der Waals surface area contributed by atoms with Gasteiger partial charge in [0.05, 0.1) is 10.2 Å². The van der Waals surface area contributed by atoms with E-state index >= 15 is 0 Å². The van der Waals surface area contributed by atoms with E-state index in [0.717, 1.165) is 13.8 Å². The molecule has 1 heterocycles. The number of fused-ring (bicyclic) bond motifs is 1. The van der Waals surface area contributed by atoms with E-state index in [0.29, 0.717) is 0 Å². The quantitative estimate of drug-likeness (QED) is 0.736. The van der Waals surface area contributed by atoms with E-state index in [1.165, 1.54) is 11.3 Å². The summed E-state index contributed by atoms with van der Waals surface area (Å²) in [6.07, 6.45) is 0.